The normalized spacial score (nSPS) is 15.8. The lowest BCUT2D eigenvalue weighted by Gasteiger charge is -2.32. The Balaban J connectivity index is 2.25. The van der Waals surface area contributed by atoms with Gasteiger partial charge in [-0.15, -0.1) is 0 Å². The Morgan fingerprint density at radius 2 is 1.89 bits per heavy atom. The zero-order valence-corrected chi connectivity index (χ0v) is 10.3. The second-order valence-corrected chi connectivity index (χ2v) is 4.40. The second kappa shape index (κ2) is 4.83. The standard InChI is InChI=1S/C12H13F2N3O2/c1-16-2-3-17(6-11(16)18)12(19)7-4-8(13)9(14)5-10(7)15/h4-5H,2-3,6,15H2,1H3. The fourth-order valence-electron chi connectivity index (χ4n) is 1.85. The first-order chi connectivity index (χ1) is 8.90. The Morgan fingerprint density at radius 3 is 2.53 bits per heavy atom. The van der Waals surface area contributed by atoms with Crippen LogP contribution in [0.4, 0.5) is 14.5 Å². The van der Waals surface area contributed by atoms with Gasteiger partial charge in [0.15, 0.2) is 11.6 Å². The van der Waals surface area contributed by atoms with Gasteiger partial charge < -0.3 is 15.5 Å². The lowest BCUT2D eigenvalue weighted by atomic mass is 10.1. The first-order valence-corrected chi connectivity index (χ1v) is 5.68. The molecule has 0 radical (unpaired) electrons. The summed E-state index contributed by atoms with van der Waals surface area (Å²) >= 11 is 0. The average molecular weight is 269 g/mol. The fourth-order valence-corrected chi connectivity index (χ4v) is 1.85. The van der Waals surface area contributed by atoms with E-state index in [1.54, 1.807) is 7.05 Å². The molecule has 0 aromatic heterocycles. The van der Waals surface area contributed by atoms with Gasteiger partial charge in [-0.3, -0.25) is 9.59 Å². The third-order valence-electron chi connectivity index (χ3n) is 3.07. The highest BCUT2D eigenvalue weighted by atomic mass is 19.2. The molecule has 7 heteroatoms. The summed E-state index contributed by atoms with van der Waals surface area (Å²) in [6.45, 7) is 0.640. The van der Waals surface area contributed by atoms with Crippen LogP contribution in [0, 0.1) is 11.6 Å². The second-order valence-electron chi connectivity index (χ2n) is 4.40. The number of hydrogen-bond donors (Lipinski definition) is 1. The Labute approximate surface area is 108 Å². The van der Waals surface area contributed by atoms with Gasteiger partial charge in [0, 0.05) is 31.9 Å². The summed E-state index contributed by atoms with van der Waals surface area (Å²) in [6.07, 6.45) is 0. The topological polar surface area (TPSA) is 66.6 Å². The zero-order valence-electron chi connectivity index (χ0n) is 10.3. The monoisotopic (exact) mass is 269 g/mol. The highest BCUT2D eigenvalue weighted by Crippen LogP contribution is 2.19. The van der Waals surface area contributed by atoms with E-state index in [1.807, 2.05) is 0 Å². The minimum absolute atomic E-state index is 0.0895. The molecular weight excluding hydrogens is 256 g/mol. The minimum atomic E-state index is -1.14. The first kappa shape index (κ1) is 13.3. The van der Waals surface area contributed by atoms with Gasteiger partial charge in [0.1, 0.15) is 6.54 Å². The van der Waals surface area contributed by atoms with Crippen molar-refractivity contribution in [1.29, 1.82) is 0 Å². The molecule has 0 aliphatic carbocycles. The van der Waals surface area contributed by atoms with Crippen LogP contribution in [-0.4, -0.2) is 48.3 Å². The van der Waals surface area contributed by atoms with Crippen molar-refractivity contribution < 1.29 is 18.4 Å². The molecule has 1 saturated heterocycles. The zero-order chi connectivity index (χ0) is 14.2. The summed E-state index contributed by atoms with van der Waals surface area (Å²) in [6, 6.07) is 1.52. The number of hydrogen-bond acceptors (Lipinski definition) is 3. The third kappa shape index (κ3) is 2.49. The van der Waals surface area contributed by atoms with Gasteiger partial charge in [-0.25, -0.2) is 8.78 Å². The maximum absolute atomic E-state index is 13.1. The summed E-state index contributed by atoms with van der Waals surface area (Å²) in [7, 11) is 1.63. The number of rotatable bonds is 1. The molecule has 1 aliphatic heterocycles. The van der Waals surface area contributed by atoms with Crippen LogP contribution in [-0.2, 0) is 4.79 Å². The summed E-state index contributed by atoms with van der Waals surface area (Å²) in [5, 5.41) is 0. The van der Waals surface area contributed by atoms with E-state index in [1.165, 1.54) is 9.80 Å². The van der Waals surface area contributed by atoms with E-state index in [0.29, 0.717) is 13.1 Å². The van der Waals surface area contributed by atoms with E-state index in [4.69, 9.17) is 5.73 Å². The number of piperazine rings is 1. The minimum Gasteiger partial charge on any atom is -0.398 e. The Morgan fingerprint density at radius 1 is 1.26 bits per heavy atom. The van der Waals surface area contributed by atoms with Crippen LogP contribution in [0.25, 0.3) is 0 Å². The van der Waals surface area contributed by atoms with Crippen molar-refractivity contribution in [2.45, 2.75) is 0 Å². The van der Waals surface area contributed by atoms with Crippen molar-refractivity contribution in [3.05, 3.63) is 29.3 Å². The van der Waals surface area contributed by atoms with E-state index in [9.17, 15) is 18.4 Å². The smallest absolute Gasteiger partial charge is 0.256 e. The average Bonchev–Trinajstić information content (AvgIpc) is 2.36. The molecule has 5 nitrogen and oxygen atoms in total. The molecule has 19 heavy (non-hydrogen) atoms. The lowest BCUT2D eigenvalue weighted by molar-refractivity contribution is -0.133. The lowest BCUT2D eigenvalue weighted by Crippen LogP contribution is -2.50. The summed E-state index contributed by atoms with van der Waals surface area (Å²) in [5.74, 6) is -3.03. The number of nitrogens with zero attached hydrogens (tertiary/aromatic N) is 2. The quantitative estimate of drug-likeness (QED) is 0.753. The Kier molecular flexibility index (Phi) is 3.37. The summed E-state index contributed by atoms with van der Waals surface area (Å²) < 4.78 is 26.1. The molecular formula is C12H13F2N3O2. The first-order valence-electron chi connectivity index (χ1n) is 5.68. The van der Waals surface area contributed by atoms with Gasteiger partial charge in [0.25, 0.3) is 5.91 Å². The fraction of sp³-hybridized carbons (Fsp3) is 0.333. The highest BCUT2D eigenvalue weighted by molar-refractivity contribution is 6.01. The summed E-state index contributed by atoms with van der Waals surface area (Å²) in [4.78, 5) is 26.4. The van der Waals surface area contributed by atoms with Gasteiger partial charge in [-0.1, -0.05) is 0 Å². The van der Waals surface area contributed by atoms with Crippen LogP contribution >= 0.6 is 0 Å². The number of anilines is 1. The Bertz CT molecular complexity index is 548. The van der Waals surface area contributed by atoms with Crippen LogP contribution in [0.15, 0.2) is 12.1 Å². The number of carbonyl (C=O) groups excluding carboxylic acids is 2. The predicted octanol–water partition coefficient (Wildman–Crippen LogP) is 0.461. The maximum atomic E-state index is 13.1. The molecule has 1 aliphatic rings. The summed E-state index contributed by atoms with van der Waals surface area (Å²) in [5.41, 5.74) is 5.24. The number of amides is 2. The van der Waals surface area contributed by atoms with Crippen molar-refractivity contribution in [2.75, 3.05) is 32.4 Å². The Hall–Kier alpha value is -2.18. The van der Waals surface area contributed by atoms with Crippen LogP contribution in [0.5, 0.6) is 0 Å². The van der Waals surface area contributed by atoms with E-state index in [2.05, 4.69) is 0 Å². The van der Waals surface area contributed by atoms with Crippen LogP contribution < -0.4 is 5.73 Å². The van der Waals surface area contributed by atoms with Crippen LogP contribution in [0.1, 0.15) is 10.4 Å². The van der Waals surface area contributed by atoms with Gasteiger partial charge in [-0.2, -0.15) is 0 Å². The number of benzene rings is 1. The number of halogens is 2. The van der Waals surface area contributed by atoms with Crippen LogP contribution in [0.3, 0.4) is 0 Å². The van der Waals surface area contributed by atoms with E-state index < -0.39 is 17.5 Å². The maximum Gasteiger partial charge on any atom is 0.256 e. The SMILES string of the molecule is CN1CCN(C(=O)c2cc(F)c(F)cc2N)CC1=O. The van der Waals surface area contributed by atoms with Crippen molar-refractivity contribution in [2.24, 2.45) is 0 Å². The van der Waals surface area contributed by atoms with Gasteiger partial charge >= 0.3 is 0 Å². The molecule has 0 saturated carbocycles. The molecule has 0 unspecified atom stereocenters. The van der Waals surface area contributed by atoms with E-state index >= 15 is 0 Å². The molecule has 1 heterocycles. The van der Waals surface area contributed by atoms with Crippen molar-refractivity contribution in [3.8, 4) is 0 Å². The molecule has 2 amide bonds. The molecule has 0 spiro atoms. The van der Waals surface area contributed by atoms with E-state index in [-0.39, 0.29) is 23.7 Å². The van der Waals surface area contributed by atoms with E-state index in [0.717, 1.165) is 12.1 Å². The predicted molar refractivity (Wildman–Crippen MR) is 64.3 cm³/mol. The largest absolute Gasteiger partial charge is 0.398 e. The van der Waals surface area contributed by atoms with Gasteiger partial charge in [0.2, 0.25) is 5.91 Å². The van der Waals surface area contributed by atoms with Gasteiger partial charge in [0.05, 0.1) is 5.56 Å². The molecule has 0 atom stereocenters. The number of likely N-dealkylation sites (N-methyl/N-ethyl adjacent to an activating group) is 1. The molecule has 1 aromatic carbocycles. The van der Waals surface area contributed by atoms with Crippen molar-refractivity contribution >= 4 is 17.5 Å². The van der Waals surface area contributed by atoms with Crippen molar-refractivity contribution in [3.63, 3.8) is 0 Å². The molecule has 1 fully saturated rings. The third-order valence-corrected chi connectivity index (χ3v) is 3.07. The van der Waals surface area contributed by atoms with Crippen molar-refractivity contribution in [1.82, 2.24) is 9.80 Å². The number of nitrogens with two attached hydrogens (primary N) is 1. The van der Waals surface area contributed by atoms with Crippen LogP contribution in [0.2, 0.25) is 0 Å². The van der Waals surface area contributed by atoms with Gasteiger partial charge in [-0.05, 0) is 6.07 Å². The molecule has 0 bridgehead atoms. The molecule has 1 aromatic rings. The molecule has 102 valence electrons. The molecule has 2 N–H and O–H groups in total. The molecule has 2 rings (SSSR count). The number of nitrogen functional groups attached to an aromatic ring is 1. The number of carbonyl (C=O) groups is 2. The highest BCUT2D eigenvalue weighted by Gasteiger charge is 2.27.